The third-order valence-electron chi connectivity index (χ3n) is 1.35. The Bertz CT molecular complexity index is 297. The van der Waals surface area contributed by atoms with Gasteiger partial charge in [0.1, 0.15) is 0 Å². The molecule has 4 nitrogen and oxygen atoms in total. The Morgan fingerprint density at radius 1 is 1.25 bits per heavy atom. The van der Waals surface area contributed by atoms with Crippen LogP contribution < -0.4 is 5.30 Å². The average molecular weight is 186 g/mol. The molecule has 0 aromatic heterocycles. The fourth-order valence-electron chi connectivity index (χ4n) is 0.829. The quantitative estimate of drug-likeness (QED) is 0.580. The molecule has 0 atom stereocenters. The Balaban J connectivity index is 3.17. The van der Waals surface area contributed by atoms with Crippen molar-refractivity contribution in [2.24, 2.45) is 0 Å². The van der Waals surface area contributed by atoms with Crippen LogP contribution in [-0.2, 0) is 0 Å². The molecule has 1 aromatic rings. The summed E-state index contributed by atoms with van der Waals surface area (Å²) in [6, 6.07) is 5.81. The van der Waals surface area contributed by atoms with Gasteiger partial charge < -0.3 is 14.9 Å². The fraction of sp³-hybridized carbons (Fsp3) is 0. The number of hydrogen-bond donors (Lipinski definition) is 3. The molecule has 5 heteroatoms. The van der Waals surface area contributed by atoms with Crippen LogP contribution in [0, 0.1) is 0 Å². The van der Waals surface area contributed by atoms with E-state index in [4.69, 9.17) is 14.9 Å². The Morgan fingerprint density at radius 3 is 2.25 bits per heavy atom. The lowest BCUT2D eigenvalue weighted by Crippen LogP contribution is -2.12. The Hall–Kier alpha value is -0.960. The Morgan fingerprint density at radius 2 is 1.83 bits per heavy atom. The summed E-state index contributed by atoms with van der Waals surface area (Å²) in [6.45, 7) is 0. The maximum Gasteiger partial charge on any atom is 0.336 e. The number of rotatable bonds is 2. The van der Waals surface area contributed by atoms with Crippen molar-refractivity contribution in [3.05, 3.63) is 29.8 Å². The summed E-state index contributed by atoms with van der Waals surface area (Å²) in [4.78, 5) is 28.1. The lowest BCUT2D eigenvalue weighted by molar-refractivity contribution is 0.0698. The van der Waals surface area contributed by atoms with Gasteiger partial charge in [-0.25, -0.2) is 4.79 Å². The zero-order chi connectivity index (χ0) is 9.14. The van der Waals surface area contributed by atoms with E-state index in [9.17, 15) is 4.79 Å². The molecule has 0 aliphatic rings. The Kier molecular flexibility index (Phi) is 2.76. The first kappa shape index (κ1) is 9.13. The van der Waals surface area contributed by atoms with Crippen LogP contribution in [0.4, 0.5) is 0 Å². The fourth-order valence-corrected chi connectivity index (χ4v) is 1.43. The van der Waals surface area contributed by atoms with Crippen LogP contribution in [0.15, 0.2) is 24.3 Å². The molecular weight excluding hydrogens is 179 g/mol. The number of aromatic carboxylic acids is 1. The first-order valence-electron chi connectivity index (χ1n) is 3.13. The van der Waals surface area contributed by atoms with Crippen molar-refractivity contribution in [2.75, 3.05) is 0 Å². The first-order chi connectivity index (χ1) is 5.63. The molecule has 0 saturated carbocycles. The van der Waals surface area contributed by atoms with Crippen LogP contribution in [0.1, 0.15) is 10.4 Å². The topological polar surface area (TPSA) is 77.8 Å². The molecule has 0 aliphatic heterocycles. The number of hydrogen-bond acceptors (Lipinski definition) is 3. The first-order valence-corrected chi connectivity index (χ1v) is 4.38. The molecule has 0 spiro atoms. The smallest absolute Gasteiger partial charge is 0.336 e. The number of carboxylic acids is 1. The monoisotopic (exact) mass is 186 g/mol. The van der Waals surface area contributed by atoms with Gasteiger partial charge in [0.2, 0.25) is 0 Å². The summed E-state index contributed by atoms with van der Waals surface area (Å²) in [7, 11) is -2.33. The second kappa shape index (κ2) is 3.63. The van der Waals surface area contributed by atoms with Crippen LogP contribution in [0.2, 0.25) is 0 Å². The van der Waals surface area contributed by atoms with Gasteiger partial charge in [-0.1, -0.05) is 12.1 Å². The predicted molar refractivity (Wildman–Crippen MR) is 44.4 cm³/mol. The van der Waals surface area contributed by atoms with Gasteiger partial charge in [0, 0.05) is 5.30 Å². The molecule has 0 amide bonds. The third-order valence-corrected chi connectivity index (χ3v) is 2.17. The molecule has 0 unspecified atom stereocenters. The molecule has 3 N–H and O–H groups in total. The Labute approximate surface area is 70.0 Å². The van der Waals surface area contributed by atoms with Crippen LogP contribution in [-0.4, -0.2) is 20.9 Å². The summed E-state index contributed by atoms with van der Waals surface area (Å²) >= 11 is 0. The van der Waals surface area contributed by atoms with Crippen molar-refractivity contribution >= 4 is 19.6 Å². The molecule has 0 bridgehead atoms. The summed E-state index contributed by atoms with van der Waals surface area (Å²) in [5, 5.41) is 8.67. The molecule has 1 rings (SSSR count). The molecule has 12 heavy (non-hydrogen) atoms. The van der Waals surface area contributed by atoms with E-state index >= 15 is 0 Å². The molecular formula is C7H7O4P. The highest BCUT2D eigenvalue weighted by molar-refractivity contribution is 7.54. The van der Waals surface area contributed by atoms with Crippen LogP contribution in [0.25, 0.3) is 0 Å². The second-order valence-electron chi connectivity index (χ2n) is 2.11. The van der Waals surface area contributed by atoms with Crippen LogP contribution in [0.5, 0.6) is 0 Å². The molecule has 0 fully saturated rings. The van der Waals surface area contributed by atoms with Crippen LogP contribution >= 0.6 is 8.38 Å². The minimum Gasteiger partial charge on any atom is -0.478 e. The number of benzene rings is 1. The van der Waals surface area contributed by atoms with Gasteiger partial charge in [-0.3, -0.25) is 0 Å². The van der Waals surface area contributed by atoms with E-state index in [-0.39, 0.29) is 10.9 Å². The molecule has 0 saturated heterocycles. The van der Waals surface area contributed by atoms with E-state index < -0.39 is 14.3 Å². The van der Waals surface area contributed by atoms with Crippen molar-refractivity contribution in [1.29, 1.82) is 0 Å². The van der Waals surface area contributed by atoms with Crippen molar-refractivity contribution in [2.45, 2.75) is 0 Å². The third kappa shape index (κ3) is 1.80. The van der Waals surface area contributed by atoms with E-state index in [1.54, 1.807) is 6.07 Å². The maximum absolute atomic E-state index is 10.5. The molecule has 0 aliphatic carbocycles. The van der Waals surface area contributed by atoms with E-state index in [1.165, 1.54) is 18.2 Å². The highest BCUT2D eigenvalue weighted by Gasteiger charge is 2.14. The highest BCUT2D eigenvalue weighted by atomic mass is 31.2. The summed E-state index contributed by atoms with van der Waals surface area (Å²) < 4.78 is 0. The lowest BCUT2D eigenvalue weighted by Gasteiger charge is -2.04. The van der Waals surface area contributed by atoms with Gasteiger partial charge in [-0.2, -0.15) is 0 Å². The SMILES string of the molecule is O=C(O)c1ccccc1P(O)O. The summed E-state index contributed by atoms with van der Waals surface area (Å²) in [5.41, 5.74) is -0.0615. The molecule has 64 valence electrons. The van der Waals surface area contributed by atoms with Crippen molar-refractivity contribution in [3.8, 4) is 0 Å². The standard InChI is InChI=1S/C7H7O4P/c8-7(9)5-3-1-2-4-6(5)12(10)11/h1-4,10-11H,(H,8,9). The second-order valence-corrected chi connectivity index (χ2v) is 3.17. The molecule has 0 heterocycles. The lowest BCUT2D eigenvalue weighted by atomic mass is 10.2. The largest absolute Gasteiger partial charge is 0.478 e. The minimum atomic E-state index is -2.33. The van der Waals surface area contributed by atoms with Gasteiger partial charge in [-0.05, 0) is 12.1 Å². The van der Waals surface area contributed by atoms with Gasteiger partial charge >= 0.3 is 5.97 Å². The molecule has 0 radical (unpaired) electrons. The predicted octanol–water partition coefficient (Wildman–Crippen LogP) is 0.307. The minimum absolute atomic E-state index is 0.0615. The highest BCUT2D eigenvalue weighted by Crippen LogP contribution is 2.23. The van der Waals surface area contributed by atoms with Crippen LogP contribution in [0.3, 0.4) is 0 Å². The van der Waals surface area contributed by atoms with Crippen molar-refractivity contribution in [3.63, 3.8) is 0 Å². The molecule has 1 aromatic carbocycles. The summed E-state index contributed by atoms with van der Waals surface area (Å²) in [6.07, 6.45) is 0. The summed E-state index contributed by atoms with van der Waals surface area (Å²) in [5.74, 6) is -1.15. The number of carbonyl (C=O) groups is 1. The normalized spacial score (nSPS) is 10.2. The number of carboxylic acid groups (broad SMARTS) is 1. The van der Waals surface area contributed by atoms with Gasteiger partial charge in [0.05, 0.1) is 5.56 Å². The van der Waals surface area contributed by atoms with Crippen molar-refractivity contribution < 1.29 is 19.7 Å². The zero-order valence-electron chi connectivity index (χ0n) is 6.01. The van der Waals surface area contributed by atoms with E-state index in [0.29, 0.717) is 0 Å². The van der Waals surface area contributed by atoms with E-state index in [0.717, 1.165) is 0 Å². The zero-order valence-corrected chi connectivity index (χ0v) is 6.90. The van der Waals surface area contributed by atoms with E-state index in [2.05, 4.69) is 0 Å². The van der Waals surface area contributed by atoms with Gasteiger partial charge in [0.25, 0.3) is 0 Å². The maximum atomic E-state index is 10.5. The van der Waals surface area contributed by atoms with E-state index in [1.807, 2.05) is 0 Å². The van der Waals surface area contributed by atoms with Gasteiger partial charge in [-0.15, -0.1) is 0 Å². The average Bonchev–Trinajstić information content (AvgIpc) is 2.04. The van der Waals surface area contributed by atoms with Crippen molar-refractivity contribution in [1.82, 2.24) is 0 Å². The van der Waals surface area contributed by atoms with Gasteiger partial charge in [0.15, 0.2) is 8.38 Å².